The van der Waals surface area contributed by atoms with E-state index in [0.717, 1.165) is 29.8 Å². The molecule has 0 heterocycles. The van der Waals surface area contributed by atoms with Gasteiger partial charge in [0.2, 0.25) is 0 Å². The number of nitro groups is 1. The van der Waals surface area contributed by atoms with Gasteiger partial charge in [-0.3, -0.25) is 14.9 Å². The van der Waals surface area contributed by atoms with Crippen LogP contribution in [0.2, 0.25) is 0 Å². The number of hydrogen-bond donors (Lipinski definition) is 1. The fourth-order valence-corrected chi connectivity index (χ4v) is 3.74. The maximum atomic E-state index is 12.6. The summed E-state index contributed by atoms with van der Waals surface area (Å²) in [6.07, 6.45) is 1.22. The van der Waals surface area contributed by atoms with Crippen LogP contribution >= 0.6 is 0 Å². The highest BCUT2D eigenvalue weighted by atomic mass is 32.2. The molecule has 33 heavy (non-hydrogen) atoms. The van der Waals surface area contributed by atoms with Gasteiger partial charge >= 0.3 is 10.1 Å². The molecular formula is C23H17N3O6S. The maximum Gasteiger partial charge on any atom is 0.339 e. The summed E-state index contributed by atoms with van der Waals surface area (Å²) in [6, 6.07) is 19.0. The number of non-ortho nitro benzene ring substituents is 1. The number of carbonyl (C=O) groups is 1. The Morgan fingerprint density at radius 2 is 1.70 bits per heavy atom. The van der Waals surface area contributed by atoms with Gasteiger partial charge in [-0.05, 0) is 42.8 Å². The van der Waals surface area contributed by atoms with E-state index < -0.39 is 20.9 Å². The molecule has 3 aromatic carbocycles. The molecule has 0 aliphatic heterocycles. The summed E-state index contributed by atoms with van der Waals surface area (Å²) in [7, 11) is -4.33. The standard InChI is InChI=1S/C23H17N3O6S/c1-16-6-2-4-8-21(16)25-23(27)18(15-24)14-17-7-3-5-9-22(17)32-33(30,31)20-12-10-19(11-13-20)26(28)29/h2-14H,1H3,(H,25,27)/b18-14+. The number of nitrogens with zero attached hydrogens (tertiary/aromatic N) is 2. The fourth-order valence-electron chi connectivity index (χ4n) is 2.78. The minimum atomic E-state index is -4.33. The number of benzene rings is 3. The van der Waals surface area contributed by atoms with E-state index in [2.05, 4.69) is 5.32 Å². The minimum Gasteiger partial charge on any atom is -0.378 e. The highest BCUT2D eigenvalue weighted by Crippen LogP contribution is 2.26. The van der Waals surface area contributed by atoms with Gasteiger partial charge in [0, 0.05) is 23.4 Å². The van der Waals surface area contributed by atoms with Crippen LogP contribution in [0.25, 0.3) is 6.08 Å². The van der Waals surface area contributed by atoms with Gasteiger partial charge in [-0.15, -0.1) is 0 Å². The van der Waals surface area contributed by atoms with Gasteiger partial charge in [0.25, 0.3) is 11.6 Å². The smallest absolute Gasteiger partial charge is 0.339 e. The zero-order valence-corrected chi connectivity index (χ0v) is 18.1. The van der Waals surface area contributed by atoms with Gasteiger partial charge in [0.05, 0.1) is 4.92 Å². The van der Waals surface area contributed by atoms with E-state index in [0.29, 0.717) is 5.69 Å². The molecule has 0 aromatic heterocycles. The Bertz CT molecular complexity index is 1390. The predicted octanol–water partition coefficient (Wildman–Crippen LogP) is 4.22. The van der Waals surface area contributed by atoms with Gasteiger partial charge in [-0.25, -0.2) is 0 Å². The Morgan fingerprint density at radius 3 is 2.33 bits per heavy atom. The van der Waals surface area contributed by atoms with Crippen LogP contribution in [-0.4, -0.2) is 19.2 Å². The quantitative estimate of drug-likeness (QED) is 0.182. The van der Waals surface area contributed by atoms with Crippen LogP contribution in [0.5, 0.6) is 5.75 Å². The van der Waals surface area contributed by atoms with Crippen molar-refractivity contribution in [3.8, 4) is 11.8 Å². The topological polar surface area (TPSA) is 139 Å². The molecule has 3 rings (SSSR count). The first-order valence-corrected chi connectivity index (χ1v) is 10.9. The summed E-state index contributed by atoms with van der Waals surface area (Å²) in [5.74, 6) is -0.785. The van der Waals surface area contributed by atoms with E-state index in [1.165, 1.54) is 24.3 Å². The largest absolute Gasteiger partial charge is 0.378 e. The lowest BCUT2D eigenvalue weighted by Crippen LogP contribution is -2.14. The Labute approximate surface area is 189 Å². The molecule has 0 saturated carbocycles. The minimum absolute atomic E-state index is 0.118. The van der Waals surface area contributed by atoms with Crippen molar-refractivity contribution >= 4 is 33.5 Å². The Kier molecular flexibility index (Phi) is 6.85. The molecule has 9 nitrogen and oxygen atoms in total. The molecule has 0 saturated heterocycles. The lowest BCUT2D eigenvalue weighted by atomic mass is 10.1. The summed E-state index contributed by atoms with van der Waals surface area (Å²) in [6.45, 7) is 1.80. The van der Waals surface area contributed by atoms with Gasteiger partial charge < -0.3 is 9.50 Å². The number of rotatable bonds is 7. The third kappa shape index (κ3) is 5.61. The first-order chi connectivity index (χ1) is 15.7. The van der Waals surface area contributed by atoms with Crippen molar-refractivity contribution in [2.24, 2.45) is 0 Å². The Morgan fingerprint density at radius 1 is 1.06 bits per heavy atom. The molecule has 0 bridgehead atoms. The van der Waals surface area contributed by atoms with Crippen molar-refractivity contribution in [3.63, 3.8) is 0 Å². The van der Waals surface area contributed by atoms with E-state index in [-0.39, 0.29) is 27.5 Å². The third-order valence-electron chi connectivity index (χ3n) is 4.51. The average molecular weight is 463 g/mol. The highest BCUT2D eigenvalue weighted by Gasteiger charge is 2.20. The fraction of sp³-hybridized carbons (Fsp3) is 0.0435. The lowest BCUT2D eigenvalue weighted by molar-refractivity contribution is -0.384. The molecule has 0 spiro atoms. The molecule has 1 amide bonds. The summed E-state index contributed by atoms with van der Waals surface area (Å²) in [4.78, 5) is 22.4. The van der Waals surface area contributed by atoms with Crippen LogP contribution < -0.4 is 9.50 Å². The third-order valence-corrected chi connectivity index (χ3v) is 5.76. The normalized spacial score (nSPS) is 11.3. The van der Waals surface area contributed by atoms with Gasteiger partial charge in [0.1, 0.15) is 22.3 Å². The lowest BCUT2D eigenvalue weighted by Gasteiger charge is -2.10. The molecule has 0 atom stereocenters. The second-order valence-corrected chi connectivity index (χ2v) is 8.31. The van der Waals surface area contributed by atoms with Crippen molar-refractivity contribution in [2.45, 2.75) is 11.8 Å². The number of carbonyl (C=O) groups excluding carboxylic acids is 1. The second-order valence-electron chi connectivity index (χ2n) is 6.77. The van der Waals surface area contributed by atoms with Crippen LogP contribution in [0.4, 0.5) is 11.4 Å². The molecule has 10 heteroatoms. The molecule has 3 aromatic rings. The van der Waals surface area contributed by atoms with Crippen molar-refractivity contribution in [1.82, 2.24) is 0 Å². The SMILES string of the molecule is Cc1ccccc1NC(=O)/C(C#N)=C/c1ccccc1OS(=O)(=O)c1ccc([N+](=O)[O-])cc1. The van der Waals surface area contributed by atoms with Crippen molar-refractivity contribution in [2.75, 3.05) is 5.32 Å². The number of anilines is 1. The summed E-state index contributed by atoms with van der Waals surface area (Å²) < 4.78 is 30.5. The number of aryl methyl sites for hydroxylation is 1. The zero-order valence-electron chi connectivity index (χ0n) is 17.3. The number of nitrogens with one attached hydrogen (secondary N) is 1. The van der Waals surface area contributed by atoms with Crippen molar-refractivity contribution < 1.29 is 22.3 Å². The monoisotopic (exact) mass is 463 g/mol. The van der Waals surface area contributed by atoms with Crippen molar-refractivity contribution in [3.05, 3.63) is 99.6 Å². The summed E-state index contributed by atoms with van der Waals surface area (Å²) in [5.41, 5.74) is 0.993. The number of nitriles is 1. The number of nitro benzene ring substituents is 1. The summed E-state index contributed by atoms with van der Waals surface area (Å²) in [5, 5.41) is 22.9. The van der Waals surface area contributed by atoms with Crippen LogP contribution in [0.15, 0.2) is 83.3 Å². The van der Waals surface area contributed by atoms with E-state index in [9.17, 15) is 28.6 Å². The number of para-hydroxylation sites is 2. The molecule has 1 N–H and O–H groups in total. The second kappa shape index (κ2) is 9.76. The predicted molar refractivity (Wildman–Crippen MR) is 121 cm³/mol. The van der Waals surface area contributed by atoms with Crippen LogP contribution in [0.1, 0.15) is 11.1 Å². The molecule has 0 unspecified atom stereocenters. The first-order valence-electron chi connectivity index (χ1n) is 9.48. The zero-order chi connectivity index (χ0) is 24.0. The van der Waals surface area contributed by atoms with Gasteiger partial charge in [-0.2, -0.15) is 13.7 Å². The summed E-state index contributed by atoms with van der Waals surface area (Å²) >= 11 is 0. The molecule has 0 fully saturated rings. The van der Waals surface area contributed by atoms with E-state index in [1.807, 2.05) is 12.1 Å². The molecule has 0 radical (unpaired) electrons. The molecular weight excluding hydrogens is 446 g/mol. The Balaban J connectivity index is 1.89. The maximum absolute atomic E-state index is 12.6. The van der Waals surface area contributed by atoms with Crippen LogP contribution in [-0.2, 0) is 14.9 Å². The average Bonchev–Trinajstić information content (AvgIpc) is 2.79. The van der Waals surface area contributed by atoms with Gasteiger partial charge in [-0.1, -0.05) is 36.4 Å². The highest BCUT2D eigenvalue weighted by molar-refractivity contribution is 7.87. The Hall–Kier alpha value is -4.49. The number of hydrogen-bond acceptors (Lipinski definition) is 7. The van der Waals surface area contributed by atoms with Gasteiger partial charge in [0.15, 0.2) is 0 Å². The van der Waals surface area contributed by atoms with E-state index in [1.54, 1.807) is 31.2 Å². The molecule has 166 valence electrons. The first kappa shape index (κ1) is 23.2. The molecule has 0 aliphatic rings. The number of amides is 1. The van der Waals surface area contributed by atoms with E-state index in [4.69, 9.17) is 4.18 Å². The van der Waals surface area contributed by atoms with Crippen molar-refractivity contribution in [1.29, 1.82) is 5.26 Å². The van der Waals surface area contributed by atoms with Crippen LogP contribution in [0.3, 0.4) is 0 Å². The van der Waals surface area contributed by atoms with Crippen LogP contribution in [0, 0.1) is 28.4 Å². The van der Waals surface area contributed by atoms with E-state index >= 15 is 0 Å². The molecule has 0 aliphatic carbocycles.